The Bertz CT molecular complexity index is 1430. The lowest BCUT2D eigenvalue weighted by Crippen LogP contribution is -2.47. The van der Waals surface area contributed by atoms with Crippen LogP contribution in [0.3, 0.4) is 0 Å². The number of alkyl halides is 5. The lowest BCUT2D eigenvalue weighted by Gasteiger charge is -2.37. The molecule has 5 heterocycles. The van der Waals surface area contributed by atoms with Gasteiger partial charge < -0.3 is 14.7 Å². The number of likely N-dealkylation sites (tertiary alicyclic amines) is 2. The van der Waals surface area contributed by atoms with E-state index in [1.54, 1.807) is 34.6 Å². The molecule has 10 heteroatoms. The molecule has 3 aliphatic carbocycles. The molecule has 3 saturated carbocycles. The van der Waals surface area contributed by atoms with E-state index < -0.39 is 23.4 Å². The van der Waals surface area contributed by atoms with Gasteiger partial charge in [0.05, 0.1) is 11.6 Å². The molecule has 0 spiro atoms. The molecule has 8 fully saturated rings. The third-order valence-electron chi connectivity index (χ3n) is 20.0. The van der Waals surface area contributed by atoms with Gasteiger partial charge in [-0.15, -0.1) is 0 Å². The molecule has 8 aliphatic rings. The summed E-state index contributed by atoms with van der Waals surface area (Å²) in [5.41, 5.74) is -1.81. The Labute approximate surface area is 511 Å². The van der Waals surface area contributed by atoms with Crippen LogP contribution in [0.5, 0.6) is 0 Å². The average molecular weight is 1180 g/mol. The van der Waals surface area contributed by atoms with E-state index in [-0.39, 0.29) is 17.8 Å². The molecule has 0 amide bonds. The monoisotopic (exact) mass is 1180 g/mol. The minimum atomic E-state index is -3.97. The van der Waals surface area contributed by atoms with E-state index in [1.165, 1.54) is 142 Å². The van der Waals surface area contributed by atoms with Gasteiger partial charge in [0, 0.05) is 75.5 Å². The van der Waals surface area contributed by atoms with Crippen molar-refractivity contribution in [2.24, 2.45) is 64.1 Å². The van der Waals surface area contributed by atoms with Crippen LogP contribution in [0.1, 0.15) is 290 Å². The summed E-state index contributed by atoms with van der Waals surface area (Å²) in [4.78, 5) is 12.9. The molecule has 0 N–H and O–H groups in total. The van der Waals surface area contributed by atoms with Crippen LogP contribution < -0.4 is 0 Å². The summed E-state index contributed by atoms with van der Waals surface area (Å²) in [6, 6.07) is 4.97. The molecule has 82 heavy (non-hydrogen) atoms. The van der Waals surface area contributed by atoms with Gasteiger partial charge in [-0.25, -0.2) is 8.78 Å². The molecule has 496 valence electrons. The zero-order valence-electron chi connectivity index (χ0n) is 60.3. The topological polar surface area (TPSA) is 16.2 Å². The summed E-state index contributed by atoms with van der Waals surface area (Å²) in [7, 11) is 2.19. The molecule has 4 bridgehead atoms. The standard InChI is InChI=1S/2C10H19N.C8H18N2.C8H17N.C7H11F3.C7H16.C6H13F.C6H12.C5H11F.C5H12/c1-8(2)11-6-9-3-4-10(5-9)7-11;1-8(2)11-9-4-3-5-10(11)7-6-9;1-8(2)10-6-4-9(3)5-7-10;1-8(2)9-6-4-3-5-7-9;1-5(2)6(3-4-6)7(8,9)10;1-6(2)7(3,4)5;1-5(2)6(3,4)7;1-5(2)6-3-4-6;1-4(2)5(3)6;1-4-5(2)3/h2*8-10H,3-7H2,1-2H3;8H,4-7H2,1-3H3;8H,3-7H2,1-2H3;5H,3-4H2,1-2H3;6H,1-5H3;5H,1-4H3;5-6H,3-4H2,1-2H3;4-5H,1-3H3;5H,4H2,1-3H3. The van der Waals surface area contributed by atoms with Crippen LogP contribution in [0.25, 0.3) is 0 Å². The number of rotatable bonds is 9. The van der Waals surface area contributed by atoms with E-state index in [4.69, 9.17) is 0 Å². The first-order chi connectivity index (χ1) is 37.5. The van der Waals surface area contributed by atoms with Crippen molar-refractivity contribution in [3.63, 3.8) is 0 Å². The maximum Gasteiger partial charge on any atom is 0.394 e. The minimum Gasteiger partial charge on any atom is -0.304 e. The molecule has 0 aromatic heterocycles. The number of piperidine rings is 3. The largest absolute Gasteiger partial charge is 0.394 e. The van der Waals surface area contributed by atoms with Crippen LogP contribution in [0.2, 0.25) is 0 Å². The Morgan fingerprint density at radius 2 is 0.841 bits per heavy atom. The highest BCUT2D eigenvalue weighted by molar-refractivity contribution is 5.01. The first-order valence-electron chi connectivity index (χ1n) is 34.6. The highest BCUT2D eigenvalue weighted by Gasteiger charge is 2.64. The fourth-order valence-corrected chi connectivity index (χ4v) is 10.5. The van der Waals surface area contributed by atoms with E-state index in [0.29, 0.717) is 18.3 Å². The fourth-order valence-electron chi connectivity index (χ4n) is 10.5. The van der Waals surface area contributed by atoms with Gasteiger partial charge >= 0.3 is 6.18 Å². The molecule has 5 nitrogen and oxygen atoms in total. The predicted octanol–water partition coefficient (Wildman–Crippen LogP) is 21.2. The van der Waals surface area contributed by atoms with Gasteiger partial charge in [0.15, 0.2) is 0 Å². The van der Waals surface area contributed by atoms with E-state index in [1.807, 2.05) is 27.7 Å². The highest BCUT2D eigenvalue weighted by Crippen LogP contribution is 2.62. The molecule has 8 rings (SSSR count). The average Bonchev–Trinajstić information content (AvgIpc) is 4.32. The van der Waals surface area contributed by atoms with Crippen LogP contribution in [0.15, 0.2) is 0 Å². The van der Waals surface area contributed by atoms with E-state index >= 15 is 0 Å². The quantitative estimate of drug-likeness (QED) is 0.213. The number of halogens is 5. The van der Waals surface area contributed by atoms with Crippen molar-refractivity contribution in [3.05, 3.63) is 0 Å². The summed E-state index contributed by atoms with van der Waals surface area (Å²) >= 11 is 0. The molecule has 5 atom stereocenters. The minimum absolute atomic E-state index is 0.132. The van der Waals surface area contributed by atoms with Crippen molar-refractivity contribution < 1.29 is 22.0 Å². The second kappa shape index (κ2) is 41.6. The Morgan fingerprint density at radius 1 is 0.476 bits per heavy atom. The van der Waals surface area contributed by atoms with Crippen molar-refractivity contribution in [2.45, 2.75) is 344 Å². The summed E-state index contributed by atoms with van der Waals surface area (Å²) < 4.78 is 60.8. The Balaban J connectivity index is 0. The Kier molecular flexibility index (Phi) is 42.4. The smallest absolute Gasteiger partial charge is 0.304 e. The summed E-state index contributed by atoms with van der Waals surface area (Å²) in [5.74, 6) is 5.91. The van der Waals surface area contributed by atoms with E-state index in [2.05, 4.69) is 156 Å². The zero-order valence-corrected chi connectivity index (χ0v) is 60.3. The van der Waals surface area contributed by atoms with Gasteiger partial charge in [0.1, 0.15) is 5.67 Å². The van der Waals surface area contributed by atoms with Crippen molar-refractivity contribution in [2.75, 3.05) is 59.4 Å². The molecule has 0 aromatic rings. The van der Waals surface area contributed by atoms with Crippen LogP contribution in [0, 0.1) is 64.1 Å². The van der Waals surface area contributed by atoms with Gasteiger partial charge in [-0.2, -0.15) is 13.2 Å². The molecular formula is C72H148F5N5. The maximum absolute atomic E-state index is 12.5. The van der Waals surface area contributed by atoms with Crippen molar-refractivity contribution in [1.29, 1.82) is 0 Å². The number of piperazine rings is 1. The van der Waals surface area contributed by atoms with Crippen molar-refractivity contribution in [1.82, 2.24) is 24.5 Å². The number of likely N-dealkylation sites (N-methyl/N-ethyl adjacent to an activating group) is 1. The second-order valence-corrected chi connectivity index (χ2v) is 31.4. The van der Waals surface area contributed by atoms with Gasteiger partial charge in [0.2, 0.25) is 0 Å². The first-order valence-corrected chi connectivity index (χ1v) is 34.6. The lowest BCUT2D eigenvalue weighted by molar-refractivity contribution is -0.199. The summed E-state index contributed by atoms with van der Waals surface area (Å²) in [5, 5.41) is 0. The molecular weight excluding hydrogens is 1030 g/mol. The highest BCUT2D eigenvalue weighted by atomic mass is 19.4. The molecule has 0 aromatic carbocycles. The van der Waals surface area contributed by atoms with Crippen molar-refractivity contribution in [3.8, 4) is 0 Å². The van der Waals surface area contributed by atoms with Crippen molar-refractivity contribution >= 4 is 0 Å². The number of fused-ring (bicyclic) bond motifs is 4. The van der Waals surface area contributed by atoms with E-state index in [9.17, 15) is 22.0 Å². The van der Waals surface area contributed by atoms with Crippen LogP contribution in [-0.2, 0) is 0 Å². The van der Waals surface area contributed by atoms with Crippen LogP contribution in [0.4, 0.5) is 22.0 Å². The zero-order chi connectivity index (χ0) is 64.1. The second-order valence-electron chi connectivity index (χ2n) is 31.4. The van der Waals surface area contributed by atoms with Gasteiger partial charge in [-0.1, -0.05) is 130 Å². The third kappa shape index (κ3) is 37.3. The molecule has 5 saturated heterocycles. The van der Waals surface area contributed by atoms with Crippen LogP contribution >= 0.6 is 0 Å². The Hall–Kier alpha value is -0.550. The predicted molar refractivity (Wildman–Crippen MR) is 355 cm³/mol. The fraction of sp³-hybridized carbons (Fsp3) is 1.00. The number of nitrogens with zero attached hydrogens (tertiary/aromatic N) is 5. The molecule has 0 radical (unpaired) electrons. The SMILES string of the molecule is CC(C)C(C)(C)C.CC(C)C(C)(C)F.CC(C)C(C)F.CC(C)C1(C(F)(F)F)CC1.CC(C)C1CC1.CC(C)N1C2CCCC1CC2.CC(C)N1CC2CCC(C2)C1.CC(C)N1CCCCC1.CC(C)N1CCN(C)CC1.CCC(C)C. The van der Waals surface area contributed by atoms with Crippen LogP contribution in [-0.4, -0.2) is 138 Å². The molecule has 5 unspecified atom stereocenters. The lowest BCUT2D eigenvalue weighted by atomic mass is 9.84. The normalized spacial score (nSPS) is 24.2. The number of hydrogen-bond donors (Lipinski definition) is 0. The van der Waals surface area contributed by atoms with Gasteiger partial charge in [-0.05, 0) is 238 Å². The summed E-state index contributed by atoms with van der Waals surface area (Å²) in [6.45, 7) is 66.9. The van der Waals surface area contributed by atoms with Gasteiger partial charge in [0.25, 0.3) is 0 Å². The van der Waals surface area contributed by atoms with E-state index in [0.717, 1.165) is 71.8 Å². The maximum atomic E-state index is 12.5. The summed E-state index contributed by atoms with van der Waals surface area (Å²) in [6.07, 6.45) is 16.5. The Morgan fingerprint density at radius 3 is 1.04 bits per heavy atom. The third-order valence-corrected chi connectivity index (χ3v) is 20.0. The number of hydrogen-bond acceptors (Lipinski definition) is 5. The molecule has 5 aliphatic heterocycles. The first kappa shape index (κ1) is 83.5. The van der Waals surface area contributed by atoms with Gasteiger partial charge in [-0.3, -0.25) is 9.80 Å².